The lowest BCUT2D eigenvalue weighted by Gasteiger charge is -2.41. The summed E-state index contributed by atoms with van der Waals surface area (Å²) in [6.07, 6.45) is 4.30. The van der Waals surface area contributed by atoms with E-state index in [1.165, 1.54) is 12.8 Å². The van der Waals surface area contributed by atoms with E-state index in [0.717, 1.165) is 25.1 Å². The molecular formula is C12H19N5O2S. The highest BCUT2D eigenvalue weighted by atomic mass is 32.2. The van der Waals surface area contributed by atoms with Gasteiger partial charge in [-0.25, -0.2) is 0 Å². The SMILES string of the molecule is O=C(O)[C@@H]1C[C@H]2C[C@H](CSc3nn[nH]n3)CC[C@H]2CN1. The maximum absolute atomic E-state index is 11.1. The molecule has 0 bridgehead atoms. The van der Waals surface area contributed by atoms with Crippen molar-refractivity contribution in [1.29, 1.82) is 0 Å². The van der Waals surface area contributed by atoms with Gasteiger partial charge in [0.15, 0.2) is 0 Å². The van der Waals surface area contributed by atoms with E-state index < -0.39 is 5.97 Å². The minimum absolute atomic E-state index is 0.361. The zero-order valence-corrected chi connectivity index (χ0v) is 12.0. The van der Waals surface area contributed by atoms with Crippen molar-refractivity contribution in [3.05, 3.63) is 0 Å². The van der Waals surface area contributed by atoms with Gasteiger partial charge in [-0.2, -0.15) is 5.21 Å². The second kappa shape index (κ2) is 6.09. The molecule has 0 radical (unpaired) electrons. The Morgan fingerprint density at radius 1 is 1.35 bits per heavy atom. The number of nitrogens with zero attached hydrogens (tertiary/aromatic N) is 3. The van der Waals surface area contributed by atoms with Crippen LogP contribution in [0.2, 0.25) is 0 Å². The molecule has 3 N–H and O–H groups in total. The second-order valence-corrected chi connectivity index (χ2v) is 6.73. The maximum Gasteiger partial charge on any atom is 0.320 e. The average Bonchev–Trinajstić information content (AvgIpc) is 2.97. The molecule has 0 aromatic carbocycles. The van der Waals surface area contributed by atoms with Gasteiger partial charge in [0.2, 0.25) is 5.16 Å². The fourth-order valence-corrected chi connectivity index (χ4v) is 4.30. The molecular weight excluding hydrogens is 278 g/mol. The average molecular weight is 297 g/mol. The van der Waals surface area contributed by atoms with E-state index in [0.29, 0.717) is 22.9 Å². The molecule has 1 aliphatic carbocycles. The van der Waals surface area contributed by atoms with E-state index >= 15 is 0 Å². The zero-order valence-electron chi connectivity index (χ0n) is 11.2. The topological polar surface area (TPSA) is 104 Å². The van der Waals surface area contributed by atoms with Crippen molar-refractivity contribution >= 4 is 17.7 Å². The van der Waals surface area contributed by atoms with E-state index in [1.54, 1.807) is 11.8 Å². The molecule has 2 aliphatic rings. The summed E-state index contributed by atoms with van der Waals surface area (Å²) < 4.78 is 0. The summed E-state index contributed by atoms with van der Waals surface area (Å²) in [7, 11) is 0. The third-order valence-electron chi connectivity index (χ3n) is 4.49. The summed E-state index contributed by atoms with van der Waals surface area (Å²) in [6.45, 7) is 0.854. The predicted molar refractivity (Wildman–Crippen MR) is 73.3 cm³/mol. The molecule has 2 fully saturated rings. The number of aromatic nitrogens is 4. The first-order valence-corrected chi connectivity index (χ1v) is 8.03. The van der Waals surface area contributed by atoms with Gasteiger partial charge in [0.05, 0.1) is 0 Å². The molecule has 1 saturated heterocycles. The smallest absolute Gasteiger partial charge is 0.320 e. The Kier molecular flexibility index (Phi) is 4.21. The standard InChI is InChI=1S/C12H19N5O2S/c18-11(19)10-4-9-3-7(1-2-8(9)5-13-10)6-20-12-14-16-17-15-12/h7-10,13H,1-6H2,(H,18,19)(H,14,15,16,17)/t7-,8+,9-,10+/m1/s1. The molecule has 0 spiro atoms. The van der Waals surface area contributed by atoms with Crippen LogP contribution in [0.5, 0.6) is 0 Å². The molecule has 1 aromatic heterocycles. The molecule has 8 heteroatoms. The van der Waals surface area contributed by atoms with E-state index in [9.17, 15) is 4.79 Å². The lowest BCUT2D eigenvalue weighted by Crippen LogP contribution is -2.49. The van der Waals surface area contributed by atoms with Crippen LogP contribution in [0.25, 0.3) is 0 Å². The van der Waals surface area contributed by atoms with Gasteiger partial charge in [0.1, 0.15) is 6.04 Å². The van der Waals surface area contributed by atoms with Crippen LogP contribution < -0.4 is 5.32 Å². The molecule has 3 rings (SSSR count). The summed E-state index contributed by atoms with van der Waals surface area (Å²) in [4.78, 5) is 11.1. The third-order valence-corrected chi connectivity index (χ3v) is 5.55. The van der Waals surface area contributed by atoms with E-state index in [4.69, 9.17) is 5.11 Å². The van der Waals surface area contributed by atoms with Gasteiger partial charge in [-0.3, -0.25) is 4.79 Å². The van der Waals surface area contributed by atoms with Crippen LogP contribution in [0.15, 0.2) is 5.16 Å². The first kappa shape index (κ1) is 13.8. The molecule has 0 unspecified atom stereocenters. The van der Waals surface area contributed by atoms with Crippen LogP contribution in [0.4, 0.5) is 0 Å². The fourth-order valence-electron chi connectivity index (χ4n) is 3.41. The number of fused-ring (bicyclic) bond motifs is 1. The predicted octanol–water partition coefficient (Wildman–Crippen LogP) is 0.771. The van der Waals surface area contributed by atoms with Crippen LogP contribution in [0, 0.1) is 17.8 Å². The number of carboxylic acid groups (broad SMARTS) is 1. The van der Waals surface area contributed by atoms with Crippen molar-refractivity contribution < 1.29 is 9.90 Å². The van der Waals surface area contributed by atoms with Gasteiger partial charge >= 0.3 is 5.97 Å². The second-order valence-electron chi connectivity index (χ2n) is 5.74. The minimum atomic E-state index is -0.716. The highest BCUT2D eigenvalue weighted by Crippen LogP contribution is 2.40. The number of hydrogen-bond donors (Lipinski definition) is 3. The largest absolute Gasteiger partial charge is 0.480 e. The molecule has 110 valence electrons. The minimum Gasteiger partial charge on any atom is -0.480 e. The van der Waals surface area contributed by atoms with E-state index in [1.807, 2.05) is 0 Å². The lowest BCUT2D eigenvalue weighted by atomic mass is 9.70. The number of hydrogen-bond acceptors (Lipinski definition) is 6. The van der Waals surface area contributed by atoms with Crippen molar-refractivity contribution in [2.45, 2.75) is 36.9 Å². The van der Waals surface area contributed by atoms with Crippen molar-refractivity contribution in [3.63, 3.8) is 0 Å². The van der Waals surface area contributed by atoms with Crippen molar-refractivity contribution in [3.8, 4) is 0 Å². The number of aliphatic carboxylic acids is 1. The molecule has 1 saturated carbocycles. The number of H-pyrrole nitrogens is 1. The van der Waals surface area contributed by atoms with Crippen molar-refractivity contribution in [2.24, 2.45) is 17.8 Å². The lowest BCUT2D eigenvalue weighted by molar-refractivity contribution is -0.141. The van der Waals surface area contributed by atoms with E-state index in [2.05, 4.69) is 25.9 Å². The van der Waals surface area contributed by atoms with Crippen LogP contribution in [0.3, 0.4) is 0 Å². The zero-order chi connectivity index (χ0) is 13.9. The molecule has 1 aromatic rings. The van der Waals surface area contributed by atoms with E-state index in [-0.39, 0.29) is 6.04 Å². The molecule has 20 heavy (non-hydrogen) atoms. The van der Waals surface area contributed by atoms with Gasteiger partial charge in [-0.1, -0.05) is 11.8 Å². The maximum atomic E-state index is 11.1. The number of carbonyl (C=O) groups is 1. The number of piperidine rings is 1. The van der Waals surface area contributed by atoms with Crippen LogP contribution >= 0.6 is 11.8 Å². The Labute approximate surface area is 121 Å². The Morgan fingerprint density at radius 3 is 3.00 bits per heavy atom. The highest BCUT2D eigenvalue weighted by molar-refractivity contribution is 7.99. The van der Waals surface area contributed by atoms with Gasteiger partial charge in [-0.15, -0.1) is 10.2 Å². The normalized spacial score (nSPS) is 33.6. The van der Waals surface area contributed by atoms with Crippen LogP contribution in [0.1, 0.15) is 25.7 Å². The number of aromatic amines is 1. The molecule has 1 aliphatic heterocycles. The summed E-state index contributed by atoms with van der Waals surface area (Å²) in [5.74, 6) is 2.10. The first-order chi connectivity index (χ1) is 9.72. The summed E-state index contributed by atoms with van der Waals surface area (Å²) in [5, 5.41) is 26.9. The Bertz CT molecular complexity index is 455. The summed E-state index contributed by atoms with van der Waals surface area (Å²) in [5.41, 5.74) is 0. The molecule has 7 nitrogen and oxygen atoms in total. The number of nitrogens with one attached hydrogen (secondary N) is 2. The number of carboxylic acids is 1. The third kappa shape index (κ3) is 3.12. The monoisotopic (exact) mass is 297 g/mol. The number of tetrazole rings is 1. The van der Waals surface area contributed by atoms with Gasteiger partial charge < -0.3 is 10.4 Å². The summed E-state index contributed by atoms with van der Waals surface area (Å²) >= 11 is 1.63. The van der Waals surface area contributed by atoms with Crippen LogP contribution in [-0.2, 0) is 4.79 Å². The fraction of sp³-hybridized carbons (Fsp3) is 0.833. The van der Waals surface area contributed by atoms with Gasteiger partial charge in [-0.05, 0) is 55.2 Å². The highest BCUT2D eigenvalue weighted by Gasteiger charge is 2.37. The van der Waals surface area contributed by atoms with Crippen LogP contribution in [-0.4, -0.2) is 50.0 Å². The summed E-state index contributed by atoms with van der Waals surface area (Å²) in [6, 6.07) is -0.361. The Balaban J connectivity index is 1.52. The molecule has 4 atom stereocenters. The number of rotatable bonds is 4. The Hall–Kier alpha value is -1.15. The van der Waals surface area contributed by atoms with Gasteiger partial charge in [0, 0.05) is 5.75 Å². The molecule has 0 amide bonds. The van der Waals surface area contributed by atoms with Gasteiger partial charge in [0.25, 0.3) is 0 Å². The Morgan fingerprint density at radius 2 is 2.25 bits per heavy atom. The van der Waals surface area contributed by atoms with Crippen molar-refractivity contribution in [2.75, 3.05) is 12.3 Å². The quantitative estimate of drug-likeness (QED) is 0.705. The molecule has 2 heterocycles. The van der Waals surface area contributed by atoms with Crippen molar-refractivity contribution in [1.82, 2.24) is 25.9 Å². The number of thioether (sulfide) groups is 1. The first-order valence-electron chi connectivity index (χ1n) is 7.05.